The van der Waals surface area contributed by atoms with Gasteiger partial charge in [0.25, 0.3) is 5.91 Å². The van der Waals surface area contributed by atoms with E-state index < -0.39 is 0 Å². The molecule has 0 atom stereocenters. The van der Waals surface area contributed by atoms with Crippen molar-refractivity contribution >= 4 is 33.3 Å². The van der Waals surface area contributed by atoms with Gasteiger partial charge in [0.2, 0.25) is 5.76 Å². The number of fused-ring (bicyclic) bond motifs is 1. The zero-order valence-corrected chi connectivity index (χ0v) is 19.5. The molecule has 8 heteroatoms. The molecule has 3 aromatic rings. The summed E-state index contributed by atoms with van der Waals surface area (Å²) in [5, 5.41) is 13.2. The second-order valence-electron chi connectivity index (χ2n) is 9.09. The van der Waals surface area contributed by atoms with Crippen LogP contribution < -0.4 is 10.2 Å². The Kier molecular flexibility index (Phi) is 6.60. The lowest BCUT2D eigenvalue weighted by atomic mass is 9.84. The van der Waals surface area contributed by atoms with Gasteiger partial charge in [-0.1, -0.05) is 12.1 Å². The number of rotatable bonds is 6. The summed E-state index contributed by atoms with van der Waals surface area (Å²) in [4.78, 5) is 17.3. The molecule has 7 nitrogen and oxygen atoms in total. The Balaban J connectivity index is 1.02. The third-order valence-electron chi connectivity index (χ3n) is 7.01. The number of amides is 1. The standard InChI is InChI=1S/C25H29N5O2S/c26-17-20-9-10-22(32-20)25(31)27-19-7-5-18(6-8-19)11-12-29-13-15-30(16-14-29)24-21-3-1-2-4-23(21)33-28-24/h1-4,9-10,18-19H,5-8,11-16H2,(H,27,31)/t18-,19-. The Labute approximate surface area is 198 Å². The molecular formula is C25H29N5O2S. The lowest BCUT2D eigenvalue weighted by Crippen LogP contribution is -2.47. The first-order valence-electron chi connectivity index (χ1n) is 11.8. The Morgan fingerprint density at radius 2 is 1.91 bits per heavy atom. The van der Waals surface area contributed by atoms with Gasteiger partial charge in [-0.15, -0.1) is 0 Å². The molecular weight excluding hydrogens is 434 g/mol. The second kappa shape index (κ2) is 9.94. The number of aromatic nitrogens is 1. The first-order valence-corrected chi connectivity index (χ1v) is 12.6. The monoisotopic (exact) mass is 463 g/mol. The summed E-state index contributed by atoms with van der Waals surface area (Å²) in [6, 6.07) is 13.7. The molecule has 1 amide bonds. The fraction of sp³-hybridized carbons (Fsp3) is 0.480. The van der Waals surface area contributed by atoms with Crippen molar-refractivity contribution in [1.82, 2.24) is 14.6 Å². The van der Waals surface area contributed by atoms with E-state index in [1.807, 2.05) is 6.07 Å². The number of piperazine rings is 1. The van der Waals surface area contributed by atoms with Crippen LogP contribution in [0.4, 0.5) is 5.82 Å². The molecule has 0 unspecified atom stereocenters. The molecule has 33 heavy (non-hydrogen) atoms. The Bertz CT molecular complexity index is 1130. The molecule has 5 rings (SSSR count). The van der Waals surface area contributed by atoms with Crippen LogP contribution in [0, 0.1) is 17.2 Å². The van der Waals surface area contributed by atoms with E-state index in [0.29, 0.717) is 0 Å². The molecule has 1 saturated carbocycles. The zero-order chi connectivity index (χ0) is 22.6. The number of nitrogens with zero attached hydrogens (tertiary/aromatic N) is 4. The molecule has 1 aliphatic heterocycles. The number of furan rings is 1. The predicted octanol–water partition coefficient (Wildman–Crippen LogP) is 4.26. The Morgan fingerprint density at radius 3 is 2.67 bits per heavy atom. The van der Waals surface area contributed by atoms with Gasteiger partial charge in [0.05, 0.1) is 4.70 Å². The Hall–Kier alpha value is -2.89. The van der Waals surface area contributed by atoms with Gasteiger partial charge >= 0.3 is 0 Å². The van der Waals surface area contributed by atoms with E-state index in [4.69, 9.17) is 14.1 Å². The normalized spacial score (nSPS) is 21.7. The summed E-state index contributed by atoms with van der Waals surface area (Å²) in [7, 11) is 0. The number of hydrogen-bond acceptors (Lipinski definition) is 7. The highest BCUT2D eigenvalue weighted by Crippen LogP contribution is 2.30. The summed E-state index contributed by atoms with van der Waals surface area (Å²) in [6.45, 7) is 5.40. The molecule has 2 fully saturated rings. The van der Waals surface area contributed by atoms with Gasteiger partial charge in [-0.25, -0.2) is 0 Å². The van der Waals surface area contributed by atoms with Gasteiger partial charge in [-0.2, -0.15) is 9.64 Å². The second-order valence-corrected chi connectivity index (χ2v) is 9.89. The van der Waals surface area contributed by atoms with Crippen molar-refractivity contribution in [1.29, 1.82) is 5.26 Å². The minimum absolute atomic E-state index is 0.171. The van der Waals surface area contributed by atoms with Crippen LogP contribution in [0.15, 0.2) is 40.8 Å². The molecule has 1 saturated heterocycles. The van der Waals surface area contributed by atoms with Gasteiger partial charge < -0.3 is 14.6 Å². The van der Waals surface area contributed by atoms with Crippen molar-refractivity contribution < 1.29 is 9.21 Å². The first-order chi connectivity index (χ1) is 16.2. The number of carbonyl (C=O) groups is 1. The maximum atomic E-state index is 12.3. The fourth-order valence-corrected chi connectivity index (χ4v) is 5.82. The van der Waals surface area contributed by atoms with Gasteiger partial charge in [0.15, 0.2) is 5.76 Å². The highest BCUT2D eigenvalue weighted by Gasteiger charge is 2.25. The lowest BCUT2D eigenvalue weighted by Gasteiger charge is -2.36. The van der Waals surface area contributed by atoms with E-state index in [9.17, 15) is 4.79 Å². The van der Waals surface area contributed by atoms with Crippen LogP contribution in [0.1, 0.15) is 48.4 Å². The van der Waals surface area contributed by atoms with Gasteiger partial charge in [0.1, 0.15) is 11.9 Å². The van der Waals surface area contributed by atoms with Crippen molar-refractivity contribution in [3.8, 4) is 6.07 Å². The average molecular weight is 464 g/mol. The largest absolute Gasteiger partial charge is 0.440 e. The maximum absolute atomic E-state index is 12.3. The summed E-state index contributed by atoms with van der Waals surface area (Å²) in [5.74, 6) is 2.05. The number of nitrogens with one attached hydrogen (secondary N) is 1. The zero-order valence-electron chi connectivity index (χ0n) is 18.7. The highest BCUT2D eigenvalue weighted by molar-refractivity contribution is 7.13. The van der Waals surface area contributed by atoms with E-state index >= 15 is 0 Å². The van der Waals surface area contributed by atoms with E-state index in [2.05, 4.69) is 39.4 Å². The van der Waals surface area contributed by atoms with Crippen molar-refractivity contribution in [3.63, 3.8) is 0 Å². The topological polar surface area (TPSA) is 85.4 Å². The molecule has 1 aromatic carbocycles. The molecule has 2 aromatic heterocycles. The number of carbonyl (C=O) groups excluding carboxylic acids is 1. The molecule has 0 bridgehead atoms. The quantitative estimate of drug-likeness (QED) is 0.588. The molecule has 3 heterocycles. The molecule has 1 N–H and O–H groups in total. The summed E-state index contributed by atoms with van der Waals surface area (Å²) < 4.78 is 11.2. The third kappa shape index (κ3) is 5.05. The highest BCUT2D eigenvalue weighted by atomic mass is 32.1. The molecule has 172 valence electrons. The van der Waals surface area contributed by atoms with Crippen LogP contribution in [-0.2, 0) is 0 Å². The van der Waals surface area contributed by atoms with Crippen LogP contribution in [0.3, 0.4) is 0 Å². The van der Waals surface area contributed by atoms with Gasteiger partial charge in [0, 0.05) is 37.6 Å². The van der Waals surface area contributed by atoms with Crippen molar-refractivity contribution in [2.24, 2.45) is 5.92 Å². The van der Waals surface area contributed by atoms with E-state index in [1.54, 1.807) is 17.6 Å². The maximum Gasteiger partial charge on any atom is 0.287 e. The SMILES string of the molecule is N#Cc1ccc(C(=O)N[C@H]2CC[C@H](CCN3CCN(c4nsc5ccccc45)CC3)CC2)o1. The van der Waals surface area contributed by atoms with Crippen molar-refractivity contribution in [3.05, 3.63) is 47.9 Å². The number of benzene rings is 1. The molecule has 1 aliphatic carbocycles. The average Bonchev–Trinajstić information content (AvgIpc) is 3.51. The lowest BCUT2D eigenvalue weighted by molar-refractivity contribution is 0.0891. The fourth-order valence-electron chi connectivity index (χ4n) is 5.02. The Morgan fingerprint density at radius 1 is 1.12 bits per heavy atom. The number of hydrogen-bond donors (Lipinski definition) is 1. The van der Waals surface area contributed by atoms with Crippen molar-refractivity contribution in [2.75, 3.05) is 37.6 Å². The van der Waals surface area contributed by atoms with Crippen LogP contribution in [0.5, 0.6) is 0 Å². The van der Waals surface area contributed by atoms with Crippen molar-refractivity contribution in [2.45, 2.75) is 38.1 Å². The first kappa shape index (κ1) is 21.9. The summed E-state index contributed by atoms with van der Waals surface area (Å²) in [5.41, 5.74) is 0. The number of nitriles is 1. The van der Waals surface area contributed by atoms with Crippen LogP contribution >= 0.6 is 11.5 Å². The smallest absolute Gasteiger partial charge is 0.287 e. The van der Waals surface area contributed by atoms with E-state index in [-0.39, 0.29) is 23.5 Å². The van der Waals surface area contributed by atoms with Gasteiger partial charge in [-0.3, -0.25) is 9.69 Å². The number of anilines is 1. The molecule has 0 spiro atoms. The van der Waals surface area contributed by atoms with E-state index in [1.165, 1.54) is 22.6 Å². The van der Waals surface area contributed by atoms with E-state index in [0.717, 1.165) is 70.1 Å². The minimum Gasteiger partial charge on any atom is -0.440 e. The predicted molar refractivity (Wildman–Crippen MR) is 130 cm³/mol. The van der Waals surface area contributed by atoms with Crippen LogP contribution in [0.25, 0.3) is 10.1 Å². The third-order valence-corrected chi connectivity index (χ3v) is 7.82. The molecule has 2 aliphatic rings. The van der Waals surface area contributed by atoms with Gasteiger partial charge in [-0.05, 0) is 80.4 Å². The summed E-state index contributed by atoms with van der Waals surface area (Å²) >= 11 is 1.59. The minimum atomic E-state index is -0.217. The summed E-state index contributed by atoms with van der Waals surface area (Å²) in [6.07, 6.45) is 5.54. The van der Waals surface area contributed by atoms with Crippen LogP contribution in [-0.4, -0.2) is 53.9 Å². The van der Waals surface area contributed by atoms with Crippen LogP contribution in [0.2, 0.25) is 0 Å². The molecule has 0 radical (unpaired) electrons.